The van der Waals surface area contributed by atoms with Gasteiger partial charge in [-0.3, -0.25) is 0 Å². The van der Waals surface area contributed by atoms with Crippen molar-refractivity contribution in [3.05, 3.63) is 29.3 Å². The van der Waals surface area contributed by atoms with Crippen molar-refractivity contribution in [1.29, 1.82) is 0 Å². The molecule has 2 unspecified atom stereocenters. The second-order valence-electron chi connectivity index (χ2n) is 8.33. The van der Waals surface area contributed by atoms with Crippen LogP contribution < -0.4 is 34.3 Å². The normalized spacial score (nSPS) is 13.5. The summed E-state index contributed by atoms with van der Waals surface area (Å²) >= 11 is 0. The van der Waals surface area contributed by atoms with Crippen LogP contribution in [0.4, 0.5) is 0 Å². The van der Waals surface area contributed by atoms with Crippen LogP contribution in [0.25, 0.3) is 0 Å². The Hall–Kier alpha value is -0.0700. The van der Waals surface area contributed by atoms with Gasteiger partial charge in [0.15, 0.2) is 0 Å². The van der Waals surface area contributed by atoms with Gasteiger partial charge < -0.3 is 9.29 Å². The summed E-state index contributed by atoms with van der Waals surface area (Å²) < 4.78 is 39.8. The molecule has 2 atom stereocenters. The smallest absolute Gasteiger partial charge is 0.748 e. The van der Waals surface area contributed by atoms with E-state index in [4.69, 9.17) is 4.74 Å². The van der Waals surface area contributed by atoms with Crippen LogP contribution in [0.15, 0.2) is 18.2 Å². The maximum atomic E-state index is 11.3. The van der Waals surface area contributed by atoms with E-state index >= 15 is 0 Å². The van der Waals surface area contributed by atoms with E-state index in [2.05, 4.69) is 19.9 Å². The van der Waals surface area contributed by atoms with Crippen molar-refractivity contribution in [3.63, 3.8) is 0 Å². The number of aryl methyl sites for hydroxylation is 2. The third kappa shape index (κ3) is 12.7. The van der Waals surface area contributed by atoms with Crippen molar-refractivity contribution in [3.8, 4) is 5.75 Å². The summed E-state index contributed by atoms with van der Waals surface area (Å²) in [5.41, 5.74) is 2.49. The molecule has 0 fully saturated rings. The first-order valence-corrected chi connectivity index (χ1v) is 13.0. The van der Waals surface area contributed by atoms with Gasteiger partial charge in [0.2, 0.25) is 0 Å². The van der Waals surface area contributed by atoms with Crippen LogP contribution in [-0.4, -0.2) is 24.3 Å². The van der Waals surface area contributed by atoms with E-state index in [0.29, 0.717) is 5.75 Å². The van der Waals surface area contributed by atoms with Crippen LogP contribution in [-0.2, 0) is 23.0 Å². The summed E-state index contributed by atoms with van der Waals surface area (Å²) in [5, 5.41) is -1.07. The largest absolute Gasteiger partial charge is 1.00 e. The Bertz CT molecular complexity index is 644. The van der Waals surface area contributed by atoms with Gasteiger partial charge in [-0.2, -0.15) is 0 Å². The maximum absolute atomic E-state index is 11.3. The summed E-state index contributed by atoms with van der Waals surface area (Å²) in [6.45, 7) is 7.51. The number of hydrogen-bond acceptors (Lipinski definition) is 4. The van der Waals surface area contributed by atoms with E-state index in [1.807, 2.05) is 12.1 Å². The van der Waals surface area contributed by atoms with Crippen LogP contribution >= 0.6 is 0 Å². The van der Waals surface area contributed by atoms with E-state index in [1.54, 1.807) is 6.92 Å². The SMILES string of the molecule is CCCCCCCc1cc(CCCCCCC)cc(OC(C)C(C)S(=O)(=O)[O-])c1.[Na+]. The fourth-order valence-electron chi connectivity index (χ4n) is 3.50. The minimum atomic E-state index is -4.36. The molecule has 0 aliphatic heterocycles. The zero-order valence-corrected chi connectivity index (χ0v) is 22.7. The number of unbranched alkanes of at least 4 members (excludes halogenated alkanes) is 8. The van der Waals surface area contributed by atoms with Gasteiger partial charge in [-0.05, 0) is 62.8 Å². The van der Waals surface area contributed by atoms with Gasteiger partial charge in [0.25, 0.3) is 0 Å². The Morgan fingerprint density at radius 2 is 1.23 bits per heavy atom. The third-order valence-corrected chi connectivity index (χ3v) is 6.90. The minimum absolute atomic E-state index is 0. The second kappa shape index (κ2) is 16.5. The molecule has 0 saturated heterocycles. The molecule has 0 amide bonds. The van der Waals surface area contributed by atoms with Crippen molar-refractivity contribution in [2.24, 2.45) is 0 Å². The van der Waals surface area contributed by atoms with E-state index in [0.717, 1.165) is 25.7 Å². The van der Waals surface area contributed by atoms with E-state index in [9.17, 15) is 13.0 Å². The van der Waals surface area contributed by atoms with Crippen LogP contribution in [0.1, 0.15) is 103 Å². The standard InChI is InChI=1S/C24H42O4S.Na/c1-5-7-9-11-13-15-22-17-23(16-14-12-10-8-6-2)19-24(18-22)28-20(3)21(4)29(25,26)27;/h17-21H,5-16H2,1-4H3,(H,25,26,27);/q;+1/p-1. The van der Waals surface area contributed by atoms with Crippen molar-refractivity contribution in [1.82, 2.24) is 0 Å². The van der Waals surface area contributed by atoms with Gasteiger partial charge in [-0.1, -0.05) is 71.3 Å². The van der Waals surface area contributed by atoms with Gasteiger partial charge in [-0.25, -0.2) is 8.42 Å². The summed E-state index contributed by atoms with van der Waals surface area (Å²) in [6, 6.07) is 6.30. The fraction of sp³-hybridized carbons (Fsp3) is 0.750. The zero-order valence-electron chi connectivity index (χ0n) is 19.9. The van der Waals surface area contributed by atoms with Crippen LogP contribution in [0.3, 0.4) is 0 Å². The predicted molar refractivity (Wildman–Crippen MR) is 121 cm³/mol. The summed E-state index contributed by atoms with van der Waals surface area (Å²) in [5.74, 6) is 0.683. The van der Waals surface area contributed by atoms with Crippen molar-refractivity contribution < 1.29 is 47.3 Å². The predicted octanol–water partition coefficient (Wildman–Crippen LogP) is 3.42. The monoisotopic (exact) mass is 448 g/mol. The van der Waals surface area contributed by atoms with Gasteiger partial charge in [-0.15, -0.1) is 0 Å². The van der Waals surface area contributed by atoms with Crippen molar-refractivity contribution >= 4 is 10.1 Å². The third-order valence-electron chi connectivity index (χ3n) is 5.60. The van der Waals surface area contributed by atoms with Crippen LogP contribution in [0, 0.1) is 0 Å². The first kappa shape index (κ1) is 29.9. The Balaban J connectivity index is 0.00000841. The van der Waals surface area contributed by atoms with E-state index in [-0.39, 0.29) is 29.6 Å². The quantitative estimate of drug-likeness (QED) is 0.221. The molecule has 1 aromatic carbocycles. The van der Waals surface area contributed by atoms with Crippen molar-refractivity contribution in [2.45, 2.75) is 116 Å². The molecule has 30 heavy (non-hydrogen) atoms. The van der Waals surface area contributed by atoms with E-state index < -0.39 is 21.5 Å². The first-order chi connectivity index (χ1) is 13.8. The molecule has 0 bridgehead atoms. The zero-order chi connectivity index (χ0) is 21.7. The Morgan fingerprint density at radius 3 is 1.63 bits per heavy atom. The Morgan fingerprint density at radius 1 is 0.800 bits per heavy atom. The molecule has 0 spiro atoms. The Labute approximate surface area is 207 Å². The summed E-state index contributed by atoms with van der Waals surface area (Å²) in [4.78, 5) is 0. The average Bonchev–Trinajstić information content (AvgIpc) is 2.66. The van der Waals surface area contributed by atoms with Crippen LogP contribution in [0.5, 0.6) is 5.75 Å². The average molecular weight is 449 g/mol. The topological polar surface area (TPSA) is 66.4 Å². The minimum Gasteiger partial charge on any atom is -0.748 e. The number of benzene rings is 1. The number of ether oxygens (including phenoxy) is 1. The van der Waals surface area contributed by atoms with Gasteiger partial charge in [0.1, 0.15) is 22.0 Å². The van der Waals surface area contributed by atoms with Gasteiger partial charge in [0, 0.05) is 0 Å². The number of rotatable bonds is 16. The van der Waals surface area contributed by atoms with Crippen molar-refractivity contribution in [2.75, 3.05) is 0 Å². The molecule has 168 valence electrons. The molecule has 0 aliphatic carbocycles. The van der Waals surface area contributed by atoms with Crippen LogP contribution in [0.2, 0.25) is 0 Å². The summed E-state index contributed by atoms with van der Waals surface area (Å²) in [7, 11) is -4.36. The maximum Gasteiger partial charge on any atom is 1.00 e. The van der Waals surface area contributed by atoms with Gasteiger partial charge in [0.05, 0.1) is 5.25 Å². The van der Waals surface area contributed by atoms with E-state index in [1.165, 1.54) is 69.4 Å². The molecular formula is C24H41NaO4S. The molecule has 4 nitrogen and oxygen atoms in total. The Kier molecular flexibility index (Phi) is 16.5. The number of hydrogen-bond donors (Lipinski definition) is 0. The van der Waals surface area contributed by atoms with Gasteiger partial charge >= 0.3 is 29.6 Å². The summed E-state index contributed by atoms with van der Waals surface area (Å²) in [6.07, 6.45) is 13.7. The first-order valence-electron chi connectivity index (χ1n) is 11.5. The molecule has 1 aromatic rings. The molecule has 0 aromatic heterocycles. The molecule has 6 heteroatoms. The fourth-order valence-corrected chi connectivity index (χ4v) is 4.02. The molecule has 0 radical (unpaired) electrons. The molecular weight excluding hydrogens is 407 g/mol. The molecule has 0 heterocycles. The second-order valence-corrected chi connectivity index (χ2v) is 10.1. The molecule has 0 N–H and O–H groups in total. The molecule has 1 rings (SSSR count). The molecule has 0 saturated carbocycles. The molecule has 0 aliphatic rings.